The minimum atomic E-state index is -3.18. The lowest BCUT2D eigenvalue weighted by Gasteiger charge is -2.34. The van der Waals surface area contributed by atoms with Crippen LogP contribution in [-0.2, 0) is 19.3 Å². The molecule has 6 nitrogen and oxygen atoms in total. The van der Waals surface area contributed by atoms with E-state index >= 15 is 0 Å². The molecule has 4 rings (SSSR count). The standard InChI is InChI=1S/C15H20ClN3O3S/c1-10-9-22-7-6-19(10)13-8-12(17-14(16)18-13)15(4-5-15)23(20,21)11-2-3-11/h8,10-11H,2-7,9H2,1H3/t10-/m0/s1. The summed E-state index contributed by atoms with van der Waals surface area (Å²) in [5, 5.41) is -0.0713. The van der Waals surface area contributed by atoms with E-state index in [2.05, 4.69) is 21.8 Å². The van der Waals surface area contributed by atoms with Crippen LogP contribution in [0.25, 0.3) is 0 Å². The first-order valence-electron chi connectivity index (χ1n) is 8.07. The summed E-state index contributed by atoms with van der Waals surface area (Å²) >= 11 is 6.12. The zero-order chi connectivity index (χ0) is 16.2. The van der Waals surface area contributed by atoms with Gasteiger partial charge in [-0.15, -0.1) is 0 Å². The van der Waals surface area contributed by atoms with Gasteiger partial charge in [0, 0.05) is 12.6 Å². The second-order valence-electron chi connectivity index (χ2n) is 6.74. The number of hydrogen-bond acceptors (Lipinski definition) is 6. The molecule has 8 heteroatoms. The number of morpholine rings is 1. The van der Waals surface area contributed by atoms with Crippen LogP contribution in [0.15, 0.2) is 6.07 Å². The molecule has 1 aromatic heterocycles. The number of halogens is 1. The molecule has 2 aliphatic carbocycles. The first-order valence-corrected chi connectivity index (χ1v) is 9.99. The second kappa shape index (κ2) is 5.29. The first kappa shape index (κ1) is 15.6. The van der Waals surface area contributed by atoms with Gasteiger partial charge in [-0.3, -0.25) is 0 Å². The van der Waals surface area contributed by atoms with Gasteiger partial charge in [0.25, 0.3) is 0 Å². The Hall–Kier alpha value is -0.920. The predicted molar refractivity (Wildman–Crippen MR) is 87.5 cm³/mol. The Labute approximate surface area is 141 Å². The number of ether oxygens (including phenoxy) is 1. The van der Waals surface area contributed by atoms with E-state index < -0.39 is 14.6 Å². The summed E-state index contributed by atoms with van der Waals surface area (Å²) in [5.41, 5.74) is 0.568. The maximum Gasteiger partial charge on any atom is 0.224 e. The third-order valence-electron chi connectivity index (χ3n) is 5.03. The van der Waals surface area contributed by atoms with Crippen LogP contribution in [-0.4, -0.2) is 49.4 Å². The highest BCUT2D eigenvalue weighted by Gasteiger charge is 2.61. The van der Waals surface area contributed by atoms with E-state index in [-0.39, 0.29) is 16.6 Å². The Bertz CT molecular complexity index is 731. The molecular weight excluding hydrogens is 338 g/mol. The Morgan fingerprint density at radius 2 is 2.09 bits per heavy atom. The molecule has 2 saturated carbocycles. The molecule has 0 unspecified atom stereocenters. The minimum Gasteiger partial charge on any atom is -0.377 e. The van der Waals surface area contributed by atoms with Crippen molar-refractivity contribution in [2.24, 2.45) is 0 Å². The van der Waals surface area contributed by atoms with E-state index in [0.29, 0.717) is 37.6 Å². The topological polar surface area (TPSA) is 72.4 Å². The predicted octanol–water partition coefficient (Wildman–Crippen LogP) is 1.92. The highest BCUT2D eigenvalue weighted by Crippen LogP contribution is 2.57. The van der Waals surface area contributed by atoms with Crippen molar-refractivity contribution in [1.29, 1.82) is 0 Å². The fourth-order valence-corrected chi connectivity index (χ4v) is 5.99. The van der Waals surface area contributed by atoms with Crippen molar-refractivity contribution in [3.63, 3.8) is 0 Å². The van der Waals surface area contributed by atoms with Crippen molar-refractivity contribution in [1.82, 2.24) is 9.97 Å². The molecular formula is C15H20ClN3O3S. The molecule has 126 valence electrons. The molecule has 1 aliphatic heterocycles. The van der Waals surface area contributed by atoms with Gasteiger partial charge in [0.15, 0.2) is 9.84 Å². The van der Waals surface area contributed by atoms with Crippen molar-refractivity contribution in [3.8, 4) is 0 Å². The number of sulfone groups is 1. The lowest BCUT2D eigenvalue weighted by molar-refractivity contribution is 0.0985. The van der Waals surface area contributed by atoms with Crippen LogP contribution >= 0.6 is 11.6 Å². The third kappa shape index (κ3) is 2.53. The maximum absolute atomic E-state index is 12.8. The molecule has 0 amide bonds. The molecule has 3 fully saturated rings. The maximum atomic E-state index is 12.8. The van der Waals surface area contributed by atoms with Crippen LogP contribution in [0, 0.1) is 0 Å². The highest BCUT2D eigenvalue weighted by molar-refractivity contribution is 7.93. The summed E-state index contributed by atoms with van der Waals surface area (Å²) in [5.74, 6) is 0.702. The fraction of sp³-hybridized carbons (Fsp3) is 0.733. The highest BCUT2D eigenvalue weighted by atomic mass is 35.5. The molecule has 0 aromatic carbocycles. The van der Waals surface area contributed by atoms with E-state index in [1.54, 1.807) is 0 Å². The summed E-state index contributed by atoms with van der Waals surface area (Å²) in [4.78, 5) is 10.7. The van der Waals surface area contributed by atoms with E-state index in [9.17, 15) is 8.42 Å². The average Bonchev–Trinajstić information content (AvgIpc) is 3.39. The summed E-state index contributed by atoms with van der Waals surface area (Å²) in [7, 11) is -3.18. The van der Waals surface area contributed by atoms with E-state index in [4.69, 9.17) is 16.3 Å². The fourth-order valence-electron chi connectivity index (χ4n) is 3.35. The van der Waals surface area contributed by atoms with Gasteiger partial charge in [0.2, 0.25) is 5.28 Å². The van der Waals surface area contributed by atoms with Crippen molar-refractivity contribution in [2.45, 2.75) is 48.6 Å². The average molecular weight is 358 g/mol. The van der Waals surface area contributed by atoms with Crippen molar-refractivity contribution >= 4 is 27.3 Å². The van der Waals surface area contributed by atoms with Crippen LogP contribution in [0.5, 0.6) is 0 Å². The van der Waals surface area contributed by atoms with Crippen molar-refractivity contribution in [3.05, 3.63) is 17.0 Å². The Kier molecular flexibility index (Phi) is 3.59. The number of nitrogens with zero attached hydrogens (tertiary/aromatic N) is 3. The summed E-state index contributed by atoms with van der Waals surface area (Å²) < 4.78 is 30.2. The molecule has 0 radical (unpaired) electrons. The molecule has 0 bridgehead atoms. The second-order valence-corrected chi connectivity index (χ2v) is 9.61. The van der Waals surface area contributed by atoms with Gasteiger partial charge < -0.3 is 9.64 Å². The van der Waals surface area contributed by atoms with Crippen LogP contribution in [0.4, 0.5) is 5.82 Å². The van der Waals surface area contributed by atoms with Gasteiger partial charge in [-0.2, -0.15) is 0 Å². The normalized spacial score (nSPS) is 27.0. The lowest BCUT2D eigenvalue weighted by Crippen LogP contribution is -2.44. The smallest absolute Gasteiger partial charge is 0.224 e. The van der Waals surface area contributed by atoms with Gasteiger partial charge >= 0.3 is 0 Å². The van der Waals surface area contributed by atoms with Gasteiger partial charge in [-0.25, -0.2) is 18.4 Å². The van der Waals surface area contributed by atoms with Gasteiger partial charge in [-0.1, -0.05) is 0 Å². The van der Waals surface area contributed by atoms with E-state index in [1.807, 2.05) is 6.07 Å². The lowest BCUT2D eigenvalue weighted by atomic mass is 10.2. The summed E-state index contributed by atoms with van der Waals surface area (Å²) in [6, 6.07) is 2.00. The summed E-state index contributed by atoms with van der Waals surface area (Å²) in [6.45, 7) is 4.04. The number of aromatic nitrogens is 2. The van der Waals surface area contributed by atoms with Crippen LogP contribution in [0.1, 0.15) is 38.3 Å². The molecule has 3 aliphatic rings. The minimum absolute atomic E-state index is 0.119. The number of hydrogen-bond donors (Lipinski definition) is 0. The number of anilines is 1. The Morgan fingerprint density at radius 1 is 1.35 bits per heavy atom. The molecule has 1 saturated heterocycles. The molecule has 2 heterocycles. The molecule has 1 aromatic rings. The van der Waals surface area contributed by atoms with Gasteiger partial charge in [0.1, 0.15) is 10.6 Å². The zero-order valence-electron chi connectivity index (χ0n) is 13.0. The van der Waals surface area contributed by atoms with Crippen molar-refractivity contribution < 1.29 is 13.2 Å². The van der Waals surface area contributed by atoms with Gasteiger partial charge in [-0.05, 0) is 44.2 Å². The molecule has 23 heavy (non-hydrogen) atoms. The van der Waals surface area contributed by atoms with Gasteiger partial charge in [0.05, 0.1) is 30.2 Å². The molecule has 0 spiro atoms. The van der Waals surface area contributed by atoms with E-state index in [1.165, 1.54) is 0 Å². The third-order valence-corrected chi connectivity index (χ3v) is 8.25. The van der Waals surface area contributed by atoms with Crippen LogP contribution in [0.2, 0.25) is 5.28 Å². The zero-order valence-corrected chi connectivity index (χ0v) is 14.6. The SMILES string of the molecule is C[C@H]1COCCN1c1cc(C2(S(=O)(=O)C3CC3)CC2)nc(Cl)n1. The van der Waals surface area contributed by atoms with Crippen LogP contribution in [0.3, 0.4) is 0 Å². The Morgan fingerprint density at radius 3 is 2.70 bits per heavy atom. The Balaban J connectivity index is 1.73. The van der Waals surface area contributed by atoms with Crippen LogP contribution < -0.4 is 4.90 Å². The quantitative estimate of drug-likeness (QED) is 0.766. The molecule has 1 atom stereocenters. The first-order chi connectivity index (χ1) is 10.9. The van der Waals surface area contributed by atoms with E-state index in [0.717, 1.165) is 19.4 Å². The largest absolute Gasteiger partial charge is 0.377 e. The molecule has 0 N–H and O–H groups in total. The monoisotopic (exact) mass is 357 g/mol. The number of rotatable bonds is 4. The van der Waals surface area contributed by atoms with Crippen molar-refractivity contribution in [2.75, 3.05) is 24.7 Å². The summed E-state index contributed by atoms with van der Waals surface area (Å²) in [6.07, 6.45) is 2.82.